The van der Waals surface area contributed by atoms with Crippen LogP contribution in [0.5, 0.6) is 11.5 Å². The second kappa shape index (κ2) is 7.54. The molecule has 170 valence electrons. The molecule has 3 rings (SSSR count). The van der Waals surface area contributed by atoms with Crippen molar-refractivity contribution >= 4 is 27.4 Å². The van der Waals surface area contributed by atoms with Crippen LogP contribution in [0.1, 0.15) is 49.5 Å². The number of esters is 1. The molecule has 1 atom stereocenters. The maximum atomic E-state index is 13.6. The van der Waals surface area contributed by atoms with Gasteiger partial charge in [-0.3, -0.25) is 14.4 Å². The second-order valence-electron chi connectivity index (χ2n) is 8.66. The number of carbonyl (C=O) groups is 3. The van der Waals surface area contributed by atoms with Gasteiger partial charge in [-0.25, -0.2) is 8.42 Å². The van der Waals surface area contributed by atoms with Crippen LogP contribution in [0.15, 0.2) is 12.1 Å². The topological polar surface area (TPSA) is 113 Å². The molecular weight excluding hydrogens is 438 g/mol. The summed E-state index contributed by atoms with van der Waals surface area (Å²) in [6.45, 7) is 4.68. The zero-order valence-corrected chi connectivity index (χ0v) is 18.2. The number of alkyl halides is 2. The summed E-state index contributed by atoms with van der Waals surface area (Å²) in [6.07, 6.45) is -2.19. The van der Waals surface area contributed by atoms with Crippen molar-refractivity contribution in [2.75, 3.05) is 6.26 Å². The fourth-order valence-electron chi connectivity index (χ4n) is 3.17. The van der Waals surface area contributed by atoms with Crippen molar-refractivity contribution in [3.8, 4) is 11.5 Å². The minimum Gasteiger partial charge on any atom is -0.459 e. The Hall–Kier alpha value is -2.56. The Morgan fingerprint density at radius 2 is 1.81 bits per heavy atom. The van der Waals surface area contributed by atoms with Crippen molar-refractivity contribution in [3.63, 3.8) is 0 Å². The highest BCUT2D eigenvalue weighted by atomic mass is 32.2. The number of carbonyl (C=O) groups excluding carboxylic acids is 3. The minimum absolute atomic E-state index is 0.393. The van der Waals surface area contributed by atoms with E-state index < -0.39 is 79.5 Å². The molecular formula is C20H22F2O8S. The summed E-state index contributed by atoms with van der Waals surface area (Å²) >= 11 is 0. The first kappa shape index (κ1) is 23.1. The van der Waals surface area contributed by atoms with Crippen LogP contribution < -0.4 is 9.47 Å². The molecule has 1 aromatic carbocycles. The maximum absolute atomic E-state index is 13.6. The molecule has 8 nitrogen and oxygen atoms in total. The predicted molar refractivity (Wildman–Crippen MR) is 103 cm³/mol. The Labute approximate surface area is 177 Å². The molecule has 1 heterocycles. The standard InChI is InChI=1S/C20H22F2O8S/c1-19(2,3)30-18(25)14(15(23)10-5-6-10)16(24)11-7-8-13-17(29-20(21,22)28-13)12(11)9-31(4,26)27/h7-8,10,14H,5-6,9H2,1-4H3. The number of halogens is 2. The van der Waals surface area contributed by atoms with Gasteiger partial charge in [0.15, 0.2) is 38.8 Å². The average Bonchev–Trinajstić information content (AvgIpc) is 3.35. The van der Waals surface area contributed by atoms with Crippen LogP contribution in [0.4, 0.5) is 8.78 Å². The van der Waals surface area contributed by atoms with Gasteiger partial charge in [-0.2, -0.15) is 0 Å². The van der Waals surface area contributed by atoms with Crippen LogP contribution in [0, 0.1) is 11.8 Å². The lowest BCUT2D eigenvalue weighted by atomic mass is 9.88. The number of hydrogen-bond acceptors (Lipinski definition) is 8. The molecule has 0 saturated heterocycles. The van der Waals surface area contributed by atoms with Crippen molar-refractivity contribution in [3.05, 3.63) is 23.3 Å². The van der Waals surface area contributed by atoms with Crippen LogP contribution in [0.3, 0.4) is 0 Å². The summed E-state index contributed by atoms with van der Waals surface area (Å²) in [6, 6.07) is 2.05. The number of Topliss-reactive ketones (excluding diaryl/α,β-unsaturated/α-hetero) is 2. The Kier molecular flexibility index (Phi) is 5.62. The van der Waals surface area contributed by atoms with Gasteiger partial charge in [0.1, 0.15) is 5.60 Å². The van der Waals surface area contributed by atoms with E-state index in [1.54, 1.807) is 20.8 Å². The second-order valence-corrected chi connectivity index (χ2v) is 10.8. The Morgan fingerprint density at radius 3 is 2.32 bits per heavy atom. The van der Waals surface area contributed by atoms with E-state index in [9.17, 15) is 31.6 Å². The van der Waals surface area contributed by atoms with Crippen LogP contribution in [0.2, 0.25) is 0 Å². The van der Waals surface area contributed by atoms with Crippen LogP contribution in [0.25, 0.3) is 0 Å². The zero-order chi connectivity index (χ0) is 23.4. The molecule has 1 aromatic rings. The van der Waals surface area contributed by atoms with E-state index >= 15 is 0 Å². The van der Waals surface area contributed by atoms with Crippen molar-refractivity contribution in [2.45, 2.75) is 51.3 Å². The number of sulfone groups is 1. The van der Waals surface area contributed by atoms with E-state index in [1.165, 1.54) is 0 Å². The molecule has 1 aliphatic heterocycles. The SMILES string of the molecule is CC(C)(C)OC(=O)C(C(=O)c1ccc2c(c1CS(C)(=O)=O)OC(F)(F)O2)C(=O)C1CC1. The van der Waals surface area contributed by atoms with Gasteiger partial charge < -0.3 is 14.2 Å². The number of ketones is 2. The molecule has 1 unspecified atom stereocenters. The molecule has 0 spiro atoms. The first-order chi connectivity index (χ1) is 14.1. The lowest BCUT2D eigenvalue weighted by Gasteiger charge is -2.23. The van der Waals surface area contributed by atoms with Gasteiger partial charge in [-0.05, 0) is 45.7 Å². The monoisotopic (exact) mass is 460 g/mol. The average molecular weight is 460 g/mol. The molecule has 0 bridgehead atoms. The van der Waals surface area contributed by atoms with Crippen LogP contribution >= 0.6 is 0 Å². The van der Waals surface area contributed by atoms with Crippen molar-refractivity contribution in [1.82, 2.24) is 0 Å². The highest BCUT2D eigenvalue weighted by molar-refractivity contribution is 7.89. The zero-order valence-electron chi connectivity index (χ0n) is 17.4. The molecule has 0 amide bonds. The fourth-order valence-corrected chi connectivity index (χ4v) is 3.99. The summed E-state index contributed by atoms with van der Waals surface area (Å²) in [7, 11) is -3.82. The fraction of sp³-hybridized carbons (Fsp3) is 0.550. The van der Waals surface area contributed by atoms with Gasteiger partial charge in [-0.1, -0.05) is 0 Å². The molecule has 0 aromatic heterocycles. The van der Waals surface area contributed by atoms with Gasteiger partial charge in [0.05, 0.1) is 5.75 Å². The van der Waals surface area contributed by atoms with Crippen LogP contribution in [-0.2, 0) is 29.9 Å². The van der Waals surface area contributed by atoms with E-state index in [0.29, 0.717) is 12.8 Å². The Balaban J connectivity index is 2.09. The number of ether oxygens (including phenoxy) is 3. The first-order valence-corrected chi connectivity index (χ1v) is 11.5. The third-order valence-corrected chi connectivity index (χ3v) is 5.33. The number of benzene rings is 1. The largest absolute Gasteiger partial charge is 0.586 e. The Bertz CT molecular complexity index is 1050. The van der Waals surface area contributed by atoms with E-state index in [2.05, 4.69) is 9.47 Å². The van der Waals surface area contributed by atoms with Crippen molar-refractivity contribution in [1.29, 1.82) is 0 Å². The normalized spacial score (nSPS) is 18.4. The maximum Gasteiger partial charge on any atom is 0.586 e. The lowest BCUT2D eigenvalue weighted by molar-refractivity contribution is -0.286. The summed E-state index contributed by atoms with van der Waals surface area (Å²) in [5.41, 5.74) is -1.79. The lowest BCUT2D eigenvalue weighted by Crippen LogP contribution is -2.38. The van der Waals surface area contributed by atoms with Crippen molar-refractivity contribution in [2.24, 2.45) is 11.8 Å². The third-order valence-electron chi connectivity index (χ3n) is 4.51. The molecule has 0 radical (unpaired) electrons. The molecule has 11 heteroatoms. The van der Waals surface area contributed by atoms with Crippen molar-refractivity contribution < 1.29 is 45.8 Å². The van der Waals surface area contributed by atoms with E-state index in [1.807, 2.05) is 0 Å². The summed E-state index contributed by atoms with van der Waals surface area (Å²) < 4.78 is 65.0. The van der Waals surface area contributed by atoms with Gasteiger partial charge in [-0.15, -0.1) is 8.78 Å². The third kappa shape index (κ3) is 5.38. The van der Waals surface area contributed by atoms with Gasteiger partial charge >= 0.3 is 12.3 Å². The van der Waals surface area contributed by atoms with Gasteiger partial charge in [0, 0.05) is 23.3 Å². The van der Waals surface area contributed by atoms with E-state index in [0.717, 1.165) is 18.4 Å². The summed E-state index contributed by atoms with van der Waals surface area (Å²) in [5.74, 6) is -7.01. The predicted octanol–water partition coefficient (Wildman–Crippen LogP) is 2.67. The highest BCUT2D eigenvalue weighted by Crippen LogP contribution is 2.46. The molecule has 1 fully saturated rings. The minimum atomic E-state index is -4.05. The molecule has 31 heavy (non-hydrogen) atoms. The molecule has 0 N–H and O–H groups in total. The summed E-state index contributed by atoms with van der Waals surface area (Å²) in [4.78, 5) is 38.8. The number of fused-ring (bicyclic) bond motifs is 1. The molecule has 1 aliphatic carbocycles. The Morgan fingerprint density at radius 1 is 1.19 bits per heavy atom. The molecule has 2 aliphatic rings. The smallest absolute Gasteiger partial charge is 0.459 e. The van der Waals surface area contributed by atoms with Gasteiger partial charge in [0.2, 0.25) is 0 Å². The summed E-state index contributed by atoms with van der Waals surface area (Å²) in [5, 5.41) is 0. The van der Waals surface area contributed by atoms with E-state index in [-0.39, 0.29) is 0 Å². The number of rotatable bonds is 7. The van der Waals surface area contributed by atoms with Gasteiger partial charge in [0.25, 0.3) is 0 Å². The highest BCUT2D eigenvalue weighted by Gasteiger charge is 2.48. The van der Waals surface area contributed by atoms with Crippen LogP contribution in [-0.4, -0.2) is 44.1 Å². The molecule has 1 saturated carbocycles. The number of hydrogen-bond donors (Lipinski definition) is 0. The quantitative estimate of drug-likeness (QED) is 0.347. The first-order valence-electron chi connectivity index (χ1n) is 9.48. The van der Waals surface area contributed by atoms with E-state index in [4.69, 9.17) is 4.74 Å².